The Balaban J connectivity index is 1.95. The van der Waals surface area contributed by atoms with Gasteiger partial charge in [0.25, 0.3) is 0 Å². The summed E-state index contributed by atoms with van der Waals surface area (Å²) in [6.45, 7) is 4.10. The van der Waals surface area contributed by atoms with Crippen LogP contribution < -0.4 is 16.8 Å². The van der Waals surface area contributed by atoms with Gasteiger partial charge in [-0.1, -0.05) is 0 Å². The monoisotopic (exact) mass is 295 g/mol. The highest BCUT2D eigenvalue weighted by molar-refractivity contribution is 5.74. The SMILES string of the molecule is Cc1cc(Nc2n[nH]c(N)n2)cc(C)c1-c1ccc(N)nc1. The van der Waals surface area contributed by atoms with Crippen LogP contribution in [0, 0.1) is 13.8 Å². The number of nitrogens with zero attached hydrogens (tertiary/aromatic N) is 3. The molecule has 0 saturated carbocycles. The van der Waals surface area contributed by atoms with E-state index < -0.39 is 0 Å². The molecule has 0 bridgehead atoms. The van der Waals surface area contributed by atoms with E-state index in [9.17, 15) is 0 Å². The number of benzene rings is 1. The Kier molecular flexibility index (Phi) is 3.38. The van der Waals surface area contributed by atoms with Gasteiger partial charge >= 0.3 is 0 Å². The summed E-state index contributed by atoms with van der Waals surface area (Å²) in [4.78, 5) is 8.19. The highest BCUT2D eigenvalue weighted by Gasteiger charge is 2.09. The Morgan fingerprint density at radius 2 is 1.82 bits per heavy atom. The summed E-state index contributed by atoms with van der Waals surface area (Å²) in [5.41, 5.74) is 16.5. The molecule has 2 aromatic heterocycles. The van der Waals surface area contributed by atoms with Crippen LogP contribution in [0.2, 0.25) is 0 Å². The average molecular weight is 295 g/mol. The molecule has 0 radical (unpaired) electrons. The lowest BCUT2D eigenvalue weighted by atomic mass is 9.96. The van der Waals surface area contributed by atoms with E-state index in [0.29, 0.717) is 11.8 Å². The van der Waals surface area contributed by atoms with Crippen molar-refractivity contribution in [2.24, 2.45) is 0 Å². The van der Waals surface area contributed by atoms with Gasteiger partial charge in [-0.25, -0.2) is 10.1 Å². The van der Waals surface area contributed by atoms with Crippen LogP contribution in [0.4, 0.5) is 23.4 Å². The number of nitrogens with two attached hydrogens (primary N) is 2. The second-order valence-electron chi connectivity index (χ2n) is 5.13. The Labute approximate surface area is 127 Å². The fraction of sp³-hybridized carbons (Fsp3) is 0.133. The number of nitrogens with one attached hydrogen (secondary N) is 2. The quantitative estimate of drug-likeness (QED) is 0.589. The molecule has 0 aliphatic heterocycles. The van der Waals surface area contributed by atoms with Gasteiger partial charge < -0.3 is 16.8 Å². The third kappa shape index (κ3) is 2.69. The number of aromatic nitrogens is 4. The second kappa shape index (κ2) is 5.36. The molecule has 0 saturated heterocycles. The van der Waals surface area contributed by atoms with Crippen molar-refractivity contribution >= 4 is 23.4 Å². The van der Waals surface area contributed by atoms with Gasteiger partial charge in [0.15, 0.2) is 0 Å². The molecule has 1 aromatic carbocycles. The number of nitrogen functional groups attached to an aromatic ring is 2. The third-order valence-electron chi connectivity index (χ3n) is 3.37. The van der Waals surface area contributed by atoms with Gasteiger partial charge in [0, 0.05) is 17.4 Å². The first-order valence-electron chi connectivity index (χ1n) is 6.81. The van der Waals surface area contributed by atoms with E-state index >= 15 is 0 Å². The fourth-order valence-electron chi connectivity index (χ4n) is 2.50. The first-order valence-corrected chi connectivity index (χ1v) is 6.81. The normalized spacial score (nSPS) is 10.6. The number of pyridine rings is 1. The standard InChI is InChI=1S/C15H17N7/c1-8-5-11(19-15-20-14(17)21-22-15)6-9(2)13(8)10-3-4-12(16)18-7-10/h3-7H,1-2H3,(H2,16,18)(H4,17,19,20,21,22). The van der Waals surface area contributed by atoms with E-state index in [1.165, 1.54) is 0 Å². The van der Waals surface area contributed by atoms with E-state index in [1.807, 2.05) is 18.2 Å². The highest BCUT2D eigenvalue weighted by atomic mass is 15.3. The van der Waals surface area contributed by atoms with Gasteiger partial charge in [0.1, 0.15) is 5.82 Å². The van der Waals surface area contributed by atoms with Gasteiger partial charge in [0.2, 0.25) is 11.9 Å². The maximum Gasteiger partial charge on any atom is 0.248 e. The number of hydrogen-bond acceptors (Lipinski definition) is 6. The van der Waals surface area contributed by atoms with Crippen molar-refractivity contribution in [1.82, 2.24) is 20.2 Å². The minimum absolute atomic E-state index is 0.278. The van der Waals surface area contributed by atoms with Gasteiger partial charge in [-0.05, 0) is 54.8 Å². The molecule has 0 aliphatic carbocycles. The lowest BCUT2D eigenvalue weighted by Gasteiger charge is -2.13. The highest BCUT2D eigenvalue weighted by Crippen LogP contribution is 2.30. The van der Waals surface area contributed by atoms with Gasteiger partial charge in [0.05, 0.1) is 0 Å². The smallest absolute Gasteiger partial charge is 0.248 e. The maximum atomic E-state index is 5.64. The Morgan fingerprint density at radius 3 is 2.36 bits per heavy atom. The molecule has 7 nitrogen and oxygen atoms in total. The molecule has 0 unspecified atom stereocenters. The molecule has 0 fully saturated rings. The molecule has 0 atom stereocenters. The van der Waals surface area contributed by atoms with E-state index in [4.69, 9.17) is 11.5 Å². The maximum absolute atomic E-state index is 5.64. The summed E-state index contributed by atoms with van der Waals surface area (Å²) < 4.78 is 0. The Morgan fingerprint density at radius 1 is 1.09 bits per heavy atom. The number of H-pyrrole nitrogens is 1. The number of aromatic amines is 1. The van der Waals surface area contributed by atoms with Crippen molar-refractivity contribution in [2.45, 2.75) is 13.8 Å². The van der Waals surface area contributed by atoms with Gasteiger partial charge in [-0.2, -0.15) is 4.98 Å². The molecule has 0 amide bonds. The van der Waals surface area contributed by atoms with E-state index in [0.717, 1.165) is 27.9 Å². The van der Waals surface area contributed by atoms with Crippen molar-refractivity contribution < 1.29 is 0 Å². The fourth-order valence-corrected chi connectivity index (χ4v) is 2.50. The average Bonchev–Trinajstić information content (AvgIpc) is 2.85. The summed E-state index contributed by atoms with van der Waals surface area (Å²) in [5.74, 6) is 1.23. The van der Waals surface area contributed by atoms with Crippen LogP contribution in [0.25, 0.3) is 11.1 Å². The number of rotatable bonds is 3. The topological polar surface area (TPSA) is 119 Å². The van der Waals surface area contributed by atoms with E-state index in [2.05, 4.69) is 39.3 Å². The van der Waals surface area contributed by atoms with Crippen molar-refractivity contribution in [3.8, 4) is 11.1 Å². The van der Waals surface area contributed by atoms with Crippen molar-refractivity contribution in [3.63, 3.8) is 0 Å². The van der Waals surface area contributed by atoms with E-state index in [-0.39, 0.29) is 5.95 Å². The van der Waals surface area contributed by atoms with Crippen LogP contribution in [0.5, 0.6) is 0 Å². The number of hydrogen-bond donors (Lipinski definition) is 4. The number of anilines is 4. The molecule has 2 heterocycles. The van der Waals surface area contributed by atoms with Crippen molar-refractivity contribution in [2.75, 3.05) is 16.8 Å². The molecule has 7 heteroatoms. The molecular weight excluding hydrogens is 278 g/mol. The largest absolute Gasteiger partial charge is 0.384 e. The molecule has 22 heavy (non-hydrogen) atoms. The van der Waals surface area contributed by atoms with Gasteiger partial charge in [-0.15, -0.1) is 5.10 Å². The zero-order valence-electron chi connectivity index (χ0n) is 12.4. The molecule has 0 spiro atoms. The van der Waals surface area contributed by atoms with E-state index in [1.54, 1.807) is 12.3 Å². The summed E-state index contributed by atoms with van der Waals surface area (Å²) in [6.07, 6.45) is 1.79. The summed E-state index contributed by atoms with van der Waals surface area (Å²) in [5, 5.41) is 9.68. The van der Waals surface area contributed by atoms with Crippen LogP contribution in [0.3, 0.4) is 0 Å². The predicted octanol–water partition coefficient (Wildman–Crippen LogP) is 2.39. The molecule has 3 aromatic rings. The lowest BCUT2D eigenvalue weighted by Crippen LogP contribution is -1.97. The number of aryl methyl sites for hydroxylation is 2. The minimum atomic E-state index is 0.278. The van der Waals surface area contributed by atoms with Crippen LogP contribution in [-0.4, -0.2) is 20.2 Å². The molecule has 6 N–H and O–H groups in total. The van der Waals surface area contributed by atoms with Crippen LogP contribution in [0.1, 0.15) is 11.1 Å². The minimum Gasteiger partial charge on any atom is -0.384 e. The molecular formula is C15H17N7. The van der Waals surface area contributed by atoms with Gasteiger partial charge in [-0.3, -0.25) is 0 Å². The summed E-state index contributed by atoms with van der Waals surface area (Å²) >= 11 is 0. The zero-order chi connectivity index (χ0) is 15.7. The molecule has 112 valence electrons. The zero-order valence-corrected chi connectivity index (χ0v) is 12.4. The third-order valence-corrected chi connectivity index (χ3v) is 3.37. The van der Waals surface area contributed by atoms with Crippen LogP contribution in [-0.2, 0) is 0 Å². The van der Waals surface area contributed by atoms with Crippen molar-refractivity contribution in [3.05, 3.63) is 41.6 Å². The molecule has 0 aliphatic rings. The van der Waals surface area contributed by atoms with Crippen LogP contribution >= 0.6 is 0 Å². The lowest BCUT2D eigenvalue weighted by molar-refractivity contribution is 1.10. The Hall–Kier alpha value is -3.09. The summed E-state index contributed by atoms with van der Waals surface area (Å²) in [7, 11) is 0. The predicted molar refractivity (Wildman–Crippen MR) is 87.6 cm³/mol. The Bertz CT molecular complexity index is 782. The van der Waals surface area contributed by atoms with Crippen LogP contribution in [0.15, 0.2) is 30.5 Å². The first kappa shape index (κ1) is 13.9. The first-order chi connectivity index (χ1) is 10.5. The summed E-state index contributed by atoms with van der Waals surface area (Å²) in [6, 6.07) is 7.84. The second-order valence-corrected chi connectivity index (χ2v) is 5.13. The molecule has 3 rings (SSSR count). The van der Waals surface area contributed by atoms with Crippen molar-refractivity contribution in [1.29, 1.82) is 0 Å².